The van der Waals surface area contributed by atoms with Crippen molar-refractivity contribution < 1.29 is 18.8 Å². The number of carbonyl (C=O) groups excluding carboxylic acids is 1. The summed E-state index contributed by atoms with van der Waals surface area (Å²) in [6, 6.07) is 10.0. The van der Waals surface area contributed by atoms with Gasteiger partial charge in [0.05, 0.1) is 22.4 Å². The van der Waals surface area contributed by atoms with Crippen LogP contribution in [0.1, 0.15) is 65.4 Å². The number of fused-ring (bicyclic) bond motifs is 1. The monoisotopic (exact) mass is 462 g/mol. The van der Waals surface area contributed by atoms with E-state index in [0.29, 0.717) is 0 Å². The van der Waals surface area contributed by atoms with Gasteiger partial charge in [-0.25, -0.2) is 9.36 Å². The lowest BCUT2D eigenvalue weighted by atomic mass is 9.78. The molecule has 1 aromatic carbocycles. The van der Waals surface area contributed by atoms with Crippen LogP contribution in [0.3, 0.4) is 0 Å². The summed E-state index contributed by atoms with van der Waals surface area (Å²) in [5, 5.41) is 0.980. The van der Waals surface area contributed by atoms with Crippen LogP contribution in [0, 0.1) is 20.8 Å². The van der Waals surface area contributed by atoms with Crippen molar-refractivity contribution in [3.8, 4) is 11.3 Å². The lowest BCUT2D eigenvalue weighted by Crippen LogP contribution is -2.41. The lowest BCUT2D eigenvalue weighted by molar-refractivity contribution is 0.00578. The van der Waals surface area contributed by atoms with Gasteiger partial charge in [0, 0.05) is 22.3 Å². The first-order valence-electron chi connectivity index (χ1n) is 11.8. The molecule has 3 heterocycles. The van der Waals surface area contributed by atoms with Gasteiger partial charge in [-0.15, -0.1) is 0 Å². The normalized spacial score (nSPS) is 17.4. The zero-order valence-corrected chi connectivity index (χ0v) is 22.0. The number of hydrogen-bond donors (Lipinski definition) is 0. The first-order chi connectivity index (χ1) is 15.6. The van der Waals surface area contributed by atoms with Crippen molar-refractivity contribution in [3.05, 3.63) is 47.3 Å². The molecular weight excluding hydrogens is 427 g/mol. The summed E-state index contributed by atoms with van der Waals surface area (Å²) in [6.07, 6.45) is -0.418. The van der Waals surface area contributed by atoms with Crippen LogP contribution in [0.25, 0.3) is 22.2 Å². The second-order valence-electron chi connectivity index (χ2n) is 11.3. The molecule has 1 saturated heterocycles. The molecule has 1 aliphatic heterocycles. The van der Waals surface area contributed by atoms with E-state index < -0.39 is 30.0 Å². The number of carbonyl (C=O) groups is 1. The second-order valence-corrected chi connectivity index (χ2v) is 11.3. The summed E-state index contributed by atoms with van der Waals surface area (Å²) in [4.78, 5) is 18.1. The van der Waals surface area contributed by atoms with Crippen LogP contribution < -0.4 is 5.46 Å². The maximum Gasteiger partial charge on any atom is 0.494 e. The summed E-state index contributed by atoms with van der Waals surface area (Å²) in [5.41, 5.74) is 4.63. The molecule has 1 aliphatic rings. The second kappa shape index (κ2) is 7.96. The van der Waals surface area contributed by atoms with E-state index in [2.05, 4.69) is 4.98 Å². The van der Waals surface area contributed by atoms with Gasteiger partial charge in [0.1, 0.15) is 5.60 Å². The minimum Gasteiger partial charge on any atom is -0.443 e. The third-order valence-electron chi connectivity index (χ3n) is 6.70. The topological polar surface area (TPSA) is 62.6 Å². The fraction of sp³-hybridized carbons (Fsp3) is 0.481. The van der Waals surface area contributed by atoms with Gasteiger partial charge in [0.25, 0.3) is 0 Å². The largest absolute Gasteiger partial charge is 0.494 e. The van der Waals surface area contributed by atoms with E-state index in [1.165, 1.54) is 0 Å². The van der Waals surface area contributed by atoms with Crippen molar-refractivity contribution in [3.63, 3.8) is 0 Å². The highest BCUT2D eigenvalue weighted by atomic mass is 16.7. The molecule has 0 spiro atoms. The van der Waals surface area contributed by atoms with Crippen molar-refractivity contribution >= 4 is 29.6 Å². The number of nitrogens with zero attached hydrogens (tertiary/aromatic N) is 2. The molecule has 0 unspecified atom stereocenters. The number of aromatic nitrogens is 2. The van der Waals surface area contributed by atoms with Crippen LogP contribution in [0.2, 0.25) is 0 Å². The highest BCUT2D eigenvalue weighted by Crippen LogP contribution is 2.38. The molecule has 4 rings (SSSR count). The number of rotatable bonds is 2. The molecule has 0 N–H and O–H groups in total. The molecule has 0 amide bonds. The molecule has 0 radical (unpaired) electrons. The zero-order valence-electron chi connectivity index (χ0n) is 22.0. The van der Waals surface area contributed by atoms with Crippen molar-refractivity contribution in [2.75, 3.05) is 0 Å². The van der Waals surface area contributed by atoms with E-state index in [4.69, 9.17) is 14.0 Å². The van der Waals surface area contributed by atoms with E-state index in [0.717, 1.165) is 44.6 Å². The Bertz CT molecular complexity index is 1250. The van der Waals surface area contributed by atoms with Crippen molar-refractivity contribution in [1.82, 2.24) is 9.55 Å². The van der Waals surface area contributed by atoms with E-state index in [1.54, 1.807) is 4.57 Å². The van der Waals surface area contributed by atoms with Crippen molar-refractivity contribution in [2.45, 2.75) is 86.0 Å². The van der Waals surface area contributed by atoms with Crippen LogP contribution in [-0.2, 0) is 14.0 Å². The van der Waals surface area contributed by atoms with Gasteiger partial charge in [-0.2, -0.15) is 0 Å². The summed E-state index contributed by atoms with van der Waals surface area (Å²) in [7, 11) is -0.523. The Balaban J connectivity index is 1.94. The minimum atomic E-state index is -0.633. The number of benzene rings is 1. The SMILES string of the molecule is Cc1cc(-c2c(C)c3ccc(B4OC(C)(C)C(C)(C)O4)cc3n2C(=O)OC(C)(C)C)cc(C)n1. The Kier molecular flexibility index (Phi) is 5.73. The van der Waals surface area contributed by atoms with E-state index in [9.17, 15) is 4.79 Å². The Hall–Kier alpha value is -2.64. The summed E-state index contributed by atoms with van der Waals surface area (Å²) < 4.78 is 20.1. The molecule has 3 aromatic rings. The highest BCUT2D eigenvalue weighted by molar-refractivity contribution is 6.62. The Morgan fingerprint density at radius 2 is 1.53 bits per heavy atom. The van der Waals surface area contributed by atoms with Gasteiger partial charge in [-0.05, 0) is 98.5 Å². The minimum absolute atomic E-state index is 0.418. The average Bonchev–Trinajstić information content (AvgIpc) is 3.08. The van der Waals surface area contributed by atoms with Gasteiger partial charge in [-0.3, -0.25) is 4.98 Å². The van der Waals surface area contributed by atoms with E-state index in [-0.39, 0.29) is 0 Å². The molecular formula is C27H35BN2O4. The summed E-state index contributed by atoms with van der Waals surface area (Å²) in [6.45, 7) is 19.7. The molecule has 0 aliphatic carbocycles. The van der Waals surface area contributed by atoms with Crippen LogP contribution >= 0.6 is 0 Å². The quantitative estimate of drug-likeness (QED) is 0.457. The summed E-state index contributed by atoms with van der Waals surface area (Å²) in [5.74, 6) is 0. The molecule has 1 fully saturated rings. The van der Waals surface area contributed by atoms with E-state index in [1.807, 2.05) is 99.6 Å². The number of pyridine rings is 1. The maximum absolute atomic E-state index is 13.6. The first kappa shape index (κ1) is 24.5. The van der Waals surface area contributed by atoms with Gasteiger partial charge in [0.15, 0.2) is 0 Å². The zero-order chi connectivity index (χ0) is 25.2. The van der Waals surface area contributed by atoms with Crippen molar-refractivity contribution in [1.29, 1.82) is 0 Å². The average molecular weight is 462 g/mol. The van der Waals surface area contributed by atoms with Gasteiger partial charge >= 0.3 is 13.2 Å². The molecule has 6 nitrogen and oxygen atoms in total. The predicted octanol–water partition coefficient (Wildman–Crippen LogP) is 5.71. The van der Waals surface area contributed by atoms with Gasteiger partial charge < -0.3 is 14.0 Å². The molecule has 180 valence electrons. The Morgan fingerprint density at radius 1 is 0.971 bits per heavy atom. The highest BCUT2D eigenvalue weighted by Gasteiger charge is 2.51. The molecule has 7 heteroatoms. The molecule has 0 saturated carbocycles. The van der Waals surface area contributed by atoms with Crippen LogP contribution in [-0.4, -0.2) is 39.6 Å². The predicted molar refractivity (Wildman–Crippen MR) is 137 cm³/mol. The smallest absolute Gasteiger partial charge is 0.443 e. The van der Waals surface area contributed by atoms with Gasteiger partial charge in [0.2, 0.25) is 0 Å². The Labute approximate surface area is 202 Å². The van der Waals surface area contributed by atoms with Crippen LogP contribution in [0.5, 0.6) is 0 Å². The maximum atomic E-state index is 13.6. The lowest BCUT2D eigenvalue weighted by Gasteiger charge is -2.32. The Morgan fingerprint density at radius 3 is 2.06 bits per heavy atom. The van der Waals surface area contributed by atoms with Crippen LogP contribution in [0.4, 0.5) is 4.79 Å². The molecule has 34 heavy (non-hydrogen) atoms. The fourth-order valence-corrected chi connectivity index (χ4v) is 4.41. The number of aryl methyl sites for hydroxylation is 3. The first-order valence-corrected chi connectivity index (χ1v) is 11.8. The summed E-state index contributed by atoms with van der Waals surface area (Å²) >= 11 is 0. The third-order valence-corrected chi connectivity index (χ3v) is 6.70. The van der Waals surface area contributed by atoms with Crippen molar-refractivity contribution in [2.24, 2.45) is 0 Å². The third kappa shape index (κ3) is 4.27. The molecule has 2 aromatic heterocycles. The molecule has 0 bridgehead atoms. The molecule has 0 atom stereocenters. The standard InChI is InChI=1S/C27H35BN2O4/c1-16-13-19(14-17(2)29-16)23-18(3)21-12-11-20(28-33-26(7,8)27(9,10)34-28)15-22(21)30(23)24(31)32-25(4,5)6/h11-15H,1-10H3. The fourth-order valence-electron chi connectivity index (χ4n) is 4.41. The number of ether oxygens (including phenoxy) is 1. The van der Waals surface area contributed by atoms with E-state index >= 15 is 0 Å². The van der Waals surface area contributed by atoms with Gasteiger partial charge in [-0.1, -0.05) is 12.1 Å². The van der Waals surface area contributed by atoms with Crippen LogP contribution in [0.15, 0.2) is 30.3 Å². The number of hydrogen-bond acceptors (Lipinski definition) is 5.